The van der Waals surface area contributed by atoms with Crippen molar-refractivity contribution in [2.75, 3.05) is 5.75 Å². The normalized spacial score (nSPS) is 19.0. The summed E-state index contributed by atoms with van der Waals surface area (Å²) in [5, 5.41) is 10.3. The molecule has 2 heterocycles. The highest BCUT2D eigenvalue weighted by Gasteiger charge is 2.37. The Kier molecular flexibility index (Phi) is 3.99. The van der Waals surface area contributed by atoms with Crippen molar-refractivity contribution in [2.45, 2.75) is 50.1 Å². The van der Waals surface area contributed by atoms with Crippen molar-refractivity contribution in [3.8, 4) is 0 Å². The molecule has 4 rings (SSSR count). The van der Waals surface area contributed by atoms with E-state index in [9.17, 15) is 14.7 Å². The third-order valence-electron chi connectivity index (χ3n) is 5.26. The zero-order valence-electron chi connectivity index (χ0n) is 14.4. The summed E-state index contributed by atoms with van der Waals surface area (Å²) in [7, 11) is 0. The monoisotopic (exact) mass is 355 g/mol. The lowest BCUT2D eigenvalue weighted by molar-refractivity contribution is -0.140. The zero-order valence-corrected chi connectivity index (χ0v) is 15.2. The molecule has 1 fully saturated rings. The van der Waals surface area contributed by atoms with Crippen molar-refractivity contribution >= 4 is 17.7 Å². The van der Waals surface area contributed by atoms with Crippen LogP contribution in [0.25, 0.3) is 0 Å². The van der Waals surface area contributed by atoms with E-state index in [0.29, 0.717) is 11.7 Å². The van der Waals surface area contributed by atoms with E-state index in [1.807, 2.05) is 0 Å². The number of hydrogen-bond donors (Lipinski definition) is 1. The predicted molar refractivity (Wildman–Crippen MR) is 98.8 cm³/mol. The third-order valence-corrected chi connectivity index (χ3v) is 6.43. The highest BCUT2D eigenvalue weighted by molar-refractivity contribution is 7.99. The number of pyridine rings is 1. The van der Waals surface area contributed by atoms with Gasteiger partial charge in [0, 0.05) is 11.8 Å². The largest absolute Gasteiger partial charge is 0.480 e. The Morgan fingerprint density at radius 2 is 2.00 bits per heavy atom. The van der Waals surface area contributed by atoms with E-state index in [4.69, 9.17) is 0 Å². The fourth-order valence-electron chi connectivity index (χ4n) is 3.61. The molecule has 1 saturated carbocycles. The second kappa shape index (κ2) is 6.06. The minimum atomic E-state index is -0.919. The molecule has 25 heavy (non-hydrogen) atoms. The molecule has 0 spiro atoms. The summed E-state index contributed by atoms with van der Waals surface area (Å²) in [5.41, 5.74) is 5.82. The molecule has 2 aromatic rings. The Labute approximate surface area is 150 Å². The number of nitrogens with zero attached hydrogens (tertiary/aromatic N) is 1. The molecule has 1 atom stereocenters. The van der Waals surface area contributed by atoms with Gasteiger partial charge in [-0.15, -0.1) is 11.8 Å². The van der Waals surface area contributed by atoms with Crippen molar-refractivity contribution in [2.24, 2.45) is 0 Å². The first-order valence-electron chi connectivity index (χ1n) is 8.65. The molecule has 0 saturated heterocycles. The fraction of sp³-hybridized carbons (Fsp3) is 0.400. The highest BCUT2D eigenvalue weighted by atomic mass is 32.2. The standard InChI is InChI=1S/C20H21NO3S/c1-11-3-4-13(7-12(11)2)8-15-9-17(22)21-16(20(23)24)10-25-19(21)18(15)14-5-6-14/h3-4,7,9,14,16H,5-6,8,10H2,1-2H3,(H,23,24). The average Bonchev–Trinajstić information content (AvgIpc) is 3.28. The van der Waals surface area contributed by atoms with Crippen molar-refractivity contribution < 1.29 is 9.90 Å². The molecular formula is C20H21NO3S. The van der Waals surface area contributed by atoms with Crippen LogP contribution in [0.2, 0.25) is 0 Å². The molecule has 5 heteroatoms. The number of aliphatic carboxylic acids is 1. The molecule has 2 aliphatic rings. The van der Waals surface area contributed by atoms with Crippen LogP contribution in [0, 0.1) is 13.8 Å². The Bertz CT molecular complexity index is 927. The fourth-order valence-corrected chi connectivity index (χ4v) is 5.03. The number of fused-ring (bicyclic) bond motifs is 1. The summed E-state index contributed by atoms with van der Waals surface area (Å²) in [6.45, 7) is 4.20. The van der Waals surface area contributed by atoms with E-state index < -0.39 is 12.0 Å². The number of benzene rings is 1. The van der Waals surface area contributed by atoms with Gasteiger partial charge in [0.2, 0.25) is 0 Å². The minimum Gasteiger partial charge on any atom is -0.480 e. The number of aryl methyl sites for hydroxylation is 2. The molecule has 1 aromatic carbocycles. The maximum absolute atomic E-state index is 12.6. The molecule has 1 aliphatic carbocycles. The second-order valence-electron chi connectivity index (χ2n) is 7.13. The van der Waals surface area contributed by atoms with Gasteiger partial charge in [0.05, 0.1) is 5.03 Å². The maximum Gasteiger partial charge on any atom is 0.327 e. The molecule has 1 unspecified atom stereocenters. The lowest BCUT2D eigenvalue weighted by Crippen LogP contribution is -2.29. The second-order valence-corrected chi connectivity index (χ2v) is 8.14. The summed E-state index contributed by atoms with van der Waals surface area (Å²) in [5.74, 6) is -0.00218. The van der Waals surface area contributed by atoms with Crippen molar-refractivity contribution in [1.82, 2.24) is 4.57 Å². The minimum absolute atomic E-state index is 0.185. The highest BCUT2D eigenvalue weighted by Crippen LogP contribution is 2.48. The topological polar surface area (TPSA) is 59.3 Å². The lowest BCUT2D eigenvalue weighted by Gasteiger charge is -2.16. The van der Waals surface area contributed by atoms with Crippen LogP contribution in [0.1, 0.15) is 52.6 Å². The molecule has 0 amide bonds. The Morgan fingerprint density at radius 3 is 2.64 bits per heavy atom. The van der Waals surface area contributed by atoms with Gasteiger partial charge in [-0.1, -0.05) is 18.2 Å². The van der Waals surface area contributed by atoms with E-state index in [0.717, 1.165) is 29.9 Å². The van der Waals surface area contributed by atoms with Gasteiger partial charge in [0.15, 0.2) is 0 Å². The van der Waals surface area contributed by atoms with E-state index in [2.05, 4.69) is 32.0 Å². The van der Waals surface area contributed by atoms with Gasteiger partial charge >= 0.3 is 5.97 Å². The first-order chi connectivity index (χ1) is 12.0. The summed E-state index contributed by atoms with van der Waals surface area (Å²) in [4.78, 5) is 24.1. The van der Waals surface area contributed by atoms with E-state index in [1.165, 1.54) is 38.6 Å². The van der Waals surface area contributed by atoms with Crippen molar-refractivity contribution in [1.29, 1.82) is 0 Å². The number of carboxylic acids is 1. The molecular weight excluding hydrogens is 334 g/mol. The third kappa shape index (κ3) is 2.91. The van der Waals surface area contributed by atoms with Crippen LogP contribution in [0.3, 0.4) is 0 Å². The summed E-state index contributed by atoms with van der Waals surface area (Å²) in [6.07, 6.45) is 2.99. The van der Waals surface area contributed by atoms with E-state index in [-0.39, 0.29) is 5.56 Å². The Morgan fingerprint density at radius 1 is 1.24 bits per heavy atom. The Hall–Kier alpha value is -2.01. The van der Waals surface area contributed by atoms with Crippen LogP contribution in [-0.2, 0) is 11.2 Å². The molecule has 4 nitrogen and oxygen atoms in total. The average molecular weight is 355 g/mol. The van der Waals surface area contributed by atoms with Crippen LogP contribution in [0.15, 0.2) is 34.1 Å². The van der Waals surface area contributed by atoms with Gasteiger partial charge in [-0.3, -0.25) is 9.36 Å². The number of hydrogen-bond acceptors (Lipinski definition) is 3. The van der Waals surface area contributed by atoms with Crippen LogP contribution < -0.4 is 5.56 Å². The summed E-state index contributed by atoms with van der Waals surface area (Å²) in [6, 6.07) is 7.37. The number of rotatable bonds is 4. The van der Waals surface area contributed by atoms with Gasteiger partial charge in [0.25, 0.3) is 5.56 Å². The summed E-state index contributed by atoms with van der Waals surface area (Å²) < 4.78 is 1.50. The van der Waals surface area contributed by atoms with Crippen LogP contribution >= 0.6 is 11.8 Å². The van der Waals surface area contributed by atoms with Gasteiger partial charge in [-0.2, -0.15) is 0 Å². The van der Waals surface area contributed by atoms with E-state index in [1.54, 1.807) is 6.07 Å². The number of carbonyl (C=O) groups is 1. The zero-order chi connectivity index (χ0) is 17.7. The smallest absolute Gasteiger partial charge is 0.327 e. The van der Waals surface area contributed by atoms with Crippen LogP contribution in [-0.4, -0.2) is 21.4 Å². The predicted octanol–water partition coefficient (Wildman–Crippen LogP) is 3.66. The quantitative estimate of drug-likeness (QED) is 0.909. The molecule has 1 aliphatic heterocycles. The molecule has 130 valence electrons. The number of carboxylic acid groups (broad SMARTS) is 1. The maximum atomic E-state index is 12.6. The summed E-state index contributed by atoms with van der Waals surface area (Å²) >= 11 is 1.53. The van der Waals surface area contributed by atoms with Gasteiger partial charge in [-0.25, -0.2) is 4.79 Å². The Balaban J connectivity index is 1.81. The molecule has 1 aromatic heterocycles. The molecule has 0 bridgehead atoms. The lowest BCUT2D eigenvalue weighted by atomic mass is 9.96. The van der Waals surface area contributed by atoms with Gasteiger partial charge in [-0.05, 0) is 66.8 Å². The molecule has 0 radical (unpaired) electrons. The number of aromatic nitrogens is 1. The SMILES string of the molecule is Cc1ccc(Cc2cc(=O)n3c(c2C2CC2)SCC3C(=O)O)cc1C. The molecule has 1 N–H and O–H groups in total. The van der Waals surface area contributed by atoms with Crippen LogP contribution in [0.5, 0.6) is 0 Å². The number of thioether (sulfide) groups is 1. The first-order valence-corrected chi connectivity index (χ1v) is 9.64. The van der Waals surface area contributed by atoms with Gasteiger partial charge < -0.3 is 5.11 Å². The first kappa shape index (κ1) is 16.5. The van der Waals surface area contributed by atoms with Gasteiger partial charge in [0.1, 0.15) is 6.04 Å². The van der Waals surface area contributed by atoms with Crippen molar-refractivity contribution in [3.05, 3.63) is 62.4 Å². The van der Waals surface area contributed by atoms with Crippen LogP contribution in [0.4, 0.5) is 0 Å². The van der Waals surface area contributed by atoms with Crippen molar-refractivity contribution in [3.63, 3.8) is 0 Å². The van der Waals surface area contributed by atoms with E-state index >= 15 is 0 Å².